The fourth-order valence-corrected chi connectivity index (χ4v) is 1.54. The smallest absolute Gasteiger partial charge is 0.146 e. The van der Waals surface area contributed by atoms with Crippen molar-refractivity contribution in [2.75, 3.05) is 20.5 Å². The SMILES string of the molecule is C=CC(O)(CCc1ccccc1)COCOC. The van der Waals surface area contributed by atoms with Crippen LogP contribution in [0.2, 0.25) is 0 Å². The van der Waals surface area contributed by atoms with Gasteiger partial charge >= 0.3 is 0 Å². The van der Waals surface area contributed by atoms with Crippen molar-refractivity contribution >= 4 is 0 Å². The summed E-state index contributed by atoms with van der Waals surface area (Å²) in [6, 6.07) is 10.0. The van der Waals surface area contributed by atoms with Gasteiger partial charge in [0.1, 0.15) is 12.4 Å². The molecule has 1 aromatic rings. The summed E-state index contributed by atoms with van der Waals surface area (Å²) < 4.78 is 9.96. The van der Waals surface area contributed by atoms with Gasteiger partial charge in [-0.1, -0.05) is 36.4 Å². The average molecular weight is 236 g/mol. The van der Waals surface area contributed by atoms with E-state index in [1.807, 2.05) is 30.3 Å². The van der Waals surface area contributed by atoms with E-state index < -0.39 is 5.60 Å². The van der Waals surface area contributed by atoms with E-state index >= 15 is 0 Å². The molecule has 0 fully saturated rings. The minimum absolute atomic E-state index is 0.182. The fraction of sp³-hybridized carbons (Fsp3) is 0.429. The highest BCUT2D eigenvalue weighted by Gasteiger charge is 2.22. The summed E-state index contributed by atoms with van der Waals surface area (Å²) in [6.07, 6.45) is 2.91. The molecule has 0 aliphatic rings. The number of benzene rings is 1. The van der Waals surface area contributed by atoms with E-state index in [4.69, 9.17) is 9.47 Å². The van der Waals surface area contributed by atoms with Crippen molar-refractivity contribution < 1.29 is 14.6 Å². The number of methoxy groups -OCH3 is 1. The first kappa shape index (κ1) is 13.9. The van der Waals surface area contributed by atoms with Gasteiger partial charge in [-0.05, 0) is 18.4 Å². The predicted molar refractivity (Wildman–Crippen MR) is 67.7 cm³/mol. The Morgan fingerprint density at radius 1 is 1.35 bits per heavy atom. The van der Waals surface area contributed by atoms with Crippen LogP contribution in [0.25, 0.3) is 0 Å². The van der Waals surface area contributed by atoms with E-state index in [2.05, 4.69) is 6.58 Å². The van der Waals surface area contributed by atoms with Crippen LogP contribution in [0.15, 0.2) is 43.0 Å². The Balaban J connectivity index is 2.43. The summed E-state index contributed by atoms with van der Waals surface area (Å²) in [5, 5.41) is 10.2. The zero-order valence-electron chi connectivity index (χ0n) is 10.3. The van der Waals surface area contributed by atoms with Gasteiger partial charge in [0.2, 0.25) is 0 Å². The molecule has 0 saturated carbocycles. The van der Waals surface area contributed by atoms with Gasteiger partial charge in [0.05, 0.1) is 6.61 Å². The molecule has 0 aliphatic heterocycles. The topological polar surface area (TPSA) is 38.7 Å². The Bertz CT molecular complexity index is 323. The molecule has 0 amide bonds. The van der Waals surface area contributed by atoms with E-state index in [1.54, 1.807) is 7.11 Å². The first-order chi connectivity index (χ1) is 8.20. The molecule has 3 heteroatoms. The molecular weight excluding hydrogens is 216 g/mol. The molecule has 17 heavy (non-hydrogen) atoms. The first-order valence-corrected chi connectivity index (χ1v) is 5.67. The molecule has 0 heterocycles. The van der Waals surface area contributed by atoms with Gasteiger partial charge in [0.25, 0.3) is 0 Å². The summed E-state index contributed by atoms with van der Waals surface area (Å²) in [5.41, 5.74) is 0.202. The molecule has 1 N–H and O–H groups in total. The second kappa shape index (κ2) is 7.22. The zero-order chi connectivity index (χ0) is 12.6. The highest BCUT2D eigenvalue weighted by Crippen LogP contribution is 2.16. The molecule has 94 valence electrons. The molecule has 1 atom stereocenters. The molecule has 0 aromatic heterocycles. The van der Waals surface area contributed by atoms with Gasteiger partial charge in [-0.25, -0.2) is 0 Å². The lowest BCUT2D eigenvalue weighted by Gasteiger charge is -2.24. The highest BCUT2D eigenvalue weighted by molar-refractivity contribution is 5.15. The second-order valence-electron chi connectivity index (χ2n) is 4.05. The Hall–Kier alpha value is -1.16. The molecule has 3 nitrogen and oxygen atoms in total. The van der Waals surface area contributed by atoms with Crippen molar-refractivity contribution in [3.05, 3.63) is 48.6 Å². The van der Waals surface area contributed by atoms with E-state index in [0.29, 0.717) is 6.42 Å². The highest BCUT2D eigenvalue weighted by atomic mass is 16.7. The summed E-state index contributed by atoms with van der Waals surface area (Å²) in [4.78, 5) is 0. The van der Waals surface area contributed by atoms with Crippen molar-refractivity contribution in [2.45, 2.75) is 18.4 Å². The van der Waals surface area contributed by atoms with E-state index in [1.165, 1.54) is 11.6 Å². The molecule has 1 rings (SSSR count). The number of aliphatic hydroxyl groups is 1. The lowest BCUT2D eigenvalue weighted by molar-refractivity contribution is -0.0860. The molecule has 0 aliphatic carbocycles. The molecule has 0 spiro atoms. The lowest BCUT2D eigenvalue weighted by Crippen LogP contribution is -2.33. The quantitative estimate of drug-likeness (QED) is 0.427. The van der Waals surface area contributed by atoms with Gasteiger partial charge in [-0.3, -0.25) is 0 Å². The number of hydrogen-bond donors (Lipinski definition) is 1. The van der Waals surface area contributed by atoms with Gasteiger partial charge in [0.15, 0.2) is 0 Å². The predicted octanol–water partition coefficient (Wildman–Crippen LogP) is 2.16. The normalized spacial score (nSPS) is 14.2. The van der Waals surface area contributed by atoms with Crippen LogP contribution in [0.5, 0.6) is 0 Å². The minimum Gasteiger partial charge on any atom is -0.383 e. The van der Waals surface area contributed by atoms with Crippen LogP contribution in [0.4, 0.5) is 0 Å². The van der Waals surface area contributed by atoms with Crippen LogP contribution in [0.1, 0.15) is 12.0 Å². The van der Waals surface area contributed by atoms with Crippen LogP contribution in [-0.4, -0.2) is 31.2 Å². The summed E-state index contributed by atoms with van der Waals surface area (Å²) in [6.45, 7) is 4.04. The number of ether oxygens (including phenoxy) is 2. The number of hydrogen-bond acceptors (Lipinski definition) is 3. The standard InChI is InChI=1S/C14H20O3/c1-3-14(15,11-17-12-16-2)10-9-13-7-5-4-6-8-13/h3-8,15H,1,9-12H2,2H3. The van der Waals surface area contributed by atoms with Gasteiger partial charge in [0, 0.05) is 7.11 Å². The van der Waals surface area contributed by atoms with Crippen molar-refractivity contribution in [1.29, 1.82) is 0 Å². The second-order valence-corrected chi connectivity index (χ2v) is 4.05. The maximum atomic E-state index is 10.2. The summed E-state index contributed by atoms with van der Waals surface area (Å²) in [7, 11) is 1.55. The van der Waals surface area contributed by atoms with E-state index in [-0.39, 0.29) is 13.4 Å². The molecule has 1 aromatic carbocycles. The molecule has 0 radical (unpaired) electrons. The minimum atomic E-state index is -0.992. The third-order valence-electron chi connectivity index (χ3n) is 2.62. The Labute approximate surface area is 103 Å². The fourth-order valence-electron chi connectivity index (χ4n) is 1.54. The van der Waals surface area contributed by atoms with Crippen LogP contribution in [0, 0.1) is 0 Å². The number of rotatable bonds is 8. The third-order valence-corrected chi connectivity index (χ3v) is 2.62. The first-order valence-electron chi connectivity index (χ1n) is 5.67. The van der Waals surface area contributed by atoms with E-state index in [0.717, 1.165) is 6.42 Å². The Morgan fingerprint density at radius 2 is 2.06 bits per heavy atom. The van der Waals surface area contributed by atoms with Crippen LogP contribution in [-0.2, 0) is 15.9 Å². The molecular formula is C14H20O3. The van der Waals surface area contributed by atoms with Crippen LogP contribution in [0.3, 0.4) is 0 Å². The van der Waals surface area contributed by atoms with E-state index in [9.17, 15) is 5.11 Å². The van der Waals surface area contributed by atoms with Crippen LogP contribution < -0.4 is 0 Å². The number of aryl methyl sites for hydroxylation is 1. The summed E-state index contributed by atoms with van der Waals surface area (Å²) >= 11 is 0. The Morgan fingerprint density at radius 3 is 2.65 bits per heavy atom. The third kappa shape index (κ3) is 5.13. The lowest BCUT2D eigenvalue weighted by atomic mass is 9.96. The average Bonchev–Trinajstić information content (AvgIpc) is 2.38. The van der Waals surface area contributed by atoms with Gasteiger partial charge in [-0.15, -0.1) is 6.58 Å². The zero-order valence-corrected chi connectivity index (χ0v) is 10.3. The molecule has 0 bridgehead atoms. The van der Waals surface area contributed by atoms with Gasteiger partial charge in [-0.2, -0.15) is 0 Å². The van der Waals surface area contributed by atoms with Crippen molar-refractivity contribution in [2.24, 2.45) is 0 Å². The van der Waals surface area contributed by atoms with Crippen molar-refractivity contribution in [3.63, 3.8) is 0 Å². The maximum absolute atomic E-state index is 10.2. The monoisotopic (exact) mass is 236 g/mol. The maximum Gasteiger partial charge on any atom is 0.146 e. The summed E-state index contributed by atoms with van der Waals surface area (Å²) in [5.74, 6) is 0. The van der Waals surface area contributed by atoms with Crippen molar-refractivity contribution in [1.82, 2.24) is 0 Å². The molecule has 1 unspecified atom stereocenters. The van der Waals surface area contributed by atoms with Gasteiger partial charge < -0.3 is 14.6 Å². The molecule has 0 saturated heterocycles. The Kier molecular flexibility index (Phi) is 5.91. The van der Waals surface area contributed by atoms with Crippen molar-refractivity contribution in [3.8, 4) is 0 Å². The largest absolute Gasteiger partial charge is 0.383 e. The van der Waals surface area contributed by atoms with Crippen LogP contribution >= 0.6 is 0 Å².